The minimum atomic E-state index is 0.0693. The third-order valence-corrected chi connectivity index (χ3v) is 3.23. The number of hydrogen-bond donors (Lipinski definition) is 1. The number of hydrogen-bond acceptors (Lipinski definition) is 3. The van der Waals surface area contributed by atoms with Crippen molar-refractivity contribution in [3.05, 3.63) is 42.7 Å². The van der Waals surface area contributed by atoms with E-state index in [0.717, 1.165) is 30.9 Å². The van der Waals surface area contributed by atoms with Crippen molar-refractivity contribution in [2.75, 3.05) is 23.3 Å². The standard InChI is InChI=1S/C14H16N4O/c19-14(11-17-9-4-8-16-17)18-10-3-7-15-12-5-1-2-6-13(12)18/h1-2,4-6,8-9,15H,3,7,10-11H2. The van der Waals surface area contributed by atoms with Crippen LogP contribution >= 0.6 is 0 Å². The van der Waals surface area contributed by atoms with Gasteiger partial charge in [0.1, 0.15) is 6.54 Å². The van der Waals surface area contributed by atoms with Crippen molar-refractivity contribution in [3.63, 3.8) is 0 Å². The molecule has 1 aliphatic rings. The van der Waals surface area contributed by atoms with Gasteiger partial charge < -0.3 is 10.2 Å². The predicted molar refractivity (Wildman–Crippen MR) is 74.1 cm³/mol. The van der Waals surface area contributed by atoms with Gasteiger partial charge in [0.05, 0.1) is 11.4 Å². The van der Waals surface area contributed by atoms with E-state index in [9.17, 15) is 4.79 Å². The van der Waals surface area contributed by atoms with Crippen LogP contribution in [0.5, 0.6) is 0 Å². The van der Waals surface area contributed by atoms with Gasteiger partial charge in [-0.3, -0.25) is 9.48 Å². The molecule has 1 N–H and O–H groups in total. The SMILES string of the molecule is O=C(Cn1cccn1)N1CCCNc2ccccc21. The van der Waals surface area contributed by atoms with E-state index in [1.54, 1.807) is 17.1 Å². The van der Waals surface area contributed by atoms with Crippen LogP contribution in [0.2, 0.25) is 0 Å². The second kappa shape index (κ2) is 5.14. The van der Waals surface area contributed by atoms with Crippen LogP contribution in [0.25, 0.3) is 0 Å². The molecule has 98 valence electrons. The summed E-state index contributed by atoms with van der Waals surface area (Å²) in [6.45, 7) is 1.91. The predicted octanol–water partition coefficient (Wildman–Crippen LogP) is 1.73. The number of benzene rings is 1. The summed E-state index contributed by atoms with van der Waals surface area (Å²) >= 11 is 0. The summed E-state index contributed by atoms with van der Waals surface area (Å²) in [6, 6.07) is 9.75. The van der Waals surface area contributed by atoms with E-state index in [0.29, 0.717) is 0 Å². The molecule has 0 saturated heterocycles. The van der Waals surface area contributed by atoms with Gasteiger partial charge in [-0.1, -0.05) is 12.1 Å². The fourth-order valence-electron chi connectivity index (χ4n) is 2.32. The average molecular weight is 256 g/mol. The Labute approximate surface area is 111 Å². The number of carbonyl (C=O) groups is 1. The van der Waals surface area contributed by atoms with Gasteiger partial charge >= 0.3 is 0 Å². The van der Waals surface area contributed by atoms with Crippen molar-refractivity contribution in [1.82, 2.24) is 9.78 Å². The van der Waals surface area contributed by atoms with Crippen LogP contribution in [0.15, 0.2) is 42.7 Å². The van der Waals surface area contributed by atoms with Crippen LogP contribution < -0.4 is 10.2 Å². The lowest BCUT2D eigenvalue weighted by Gasteiger charge is -2.22. The van der Waals surface area contributed by atoms with E-state index in [1.165, 1.54) is 0 Å². The summed E-state index contributed by atoms with van der Waals surface area (Å²) in [4.78, 5) is 14.3. The van der Waals surface area contributed by atoms with Gasteiger partial charge in [0.2, 0.25) is 5.91 Å². The van der Waals surface area contributed by atoms with E-state index in [2.05, 4.69) is 10.4 Å². The van der Waals surface area contributed by atoms with Crippen LogP contribution in [-0.2, 0) is 11.3 Å². The normalized spacial score (nSPS) is 14.4. The van der Waals surface area contributed by atoms with Crippen LogP contribution in [0.1, 0.15) is 6.42 Å². The van der Waals surface area contributed by atoms with Crippen molar-refractivity contribution < 1.29 is 4.79 Å². The molecule has 0 radical (unpaired) electrons. The second-order valence-corrected chi connectivity index (χ2v) is 4.55. The largest absolute Gasteiger partial charge is 0.383 e. The molecule has 2 aromatic rings. The topological polar surface area (TPSA) is 50.2 Å². The van der Waals surface area contributed by atoms with Crippen molar-refractivity contribution in [2.45, 2.75) is 13.0 Å². The van der Waals surface area contributed by atoms with Gasteiger partial charge in [-0.05, 0) is 24.6 Å². The highest BCUT2D eigenvalue weighted by Crippen LogP contribution is 2.28. The number of aromatic nitrogens is 2. The lowest BCUT2D eigenvalue weighted by atomic mass is 10.2. The molecule has 2 heterocycles. The van der Waals surface area contributed by atoms with Gasteiger partial charge in [0, 0.05) is 25.5 Å². The molecular formula is C14H16N4O. The lowest BCUT2D eigenvalue weighted by molar-refractivity contribution is -0.119. The van der Waals surface area contributed by atoms with Crippen LogP contribution in [0.3, 0.4) is 0 Å². The smallest absolute Gasteiger partial charge is 0.248 e. The molecule has 0 spiro atoms. The van der Waals surface area contributed by atoms with E-state index in [-0.39, 0.29) is 12.5 Å². The van der Waals surface area contributed by atoms with E-state index >= 15 is 0 Å². The first-order valence-electron chi connectivity index (χ1n) is 6.45. The zero-order valence-corrected chi connectivity index (χ0v) is 10.6. The molecule has 1 aliphatic heterocycles. The first-order valence-corrected chi connectivity index (χ1v) is 6.45. The van der Waals surface area contributed by atoms with E-state index < -0.39 is 0 Å². The maximum Gasteiger partial charge on any atom is 0.248 e. The number of fused-ring (bicyclic) bond motifs is 1. The Morgan fingerprint density at radius 2 is 2.21 bits per heavy atom. The van der Waals surface area contributed by atoms with Crippen LogP contribution in [0.4, 0.5) is 11.4 Å². The first-order chi connectivity index (χ1) is 9.34. The van der Waals surface area contributed by atoms with Crippen LogP contribution in [-0.4, -0.2) is 28.8 Å². The summed E-state index contributed by atoms with van der Waals surface area (Å²) in [5.74, 6) is 0.0693. The zero-order chi connectivity index (χ0) is 13.1. The van der Waals surface area contributed by atoms with Crippen molar-refractivity contribution in [3.8, 4) is 0 Å². The zero-order valence-electron chi connectivity index (χ0n) is 10.6. The number of rotatable bonds is 2. The third kappa shape index (κ3) is 2.45. The van der Waals surface area contributed by atoms with Crippen molar-refractivity contribution in [2.24, 2.45) is 0 Å². The van der Waals surface area contributed by atoms with Gasteiger partial charge in [0.15, 0.2) is 0 Å². The number of nitrogens with one attached hydrogen (secondary N) is 1. The minimum Gasteiger partial charge on any atom is -0.383 e. The Hall–Kier alpha value is -2.30. The monoisotopic (exact) mass is 256 g/mol. The molecule has 0 aliphatic carbocycles. The van der Waals surface area contributed by atoms with Gasteiger partial charge in [0.25, 0.3) is 0 Å². The highest BCUT2D eigenvalue weighted by atomic mass is 16.2. The molecular weight excluding hydrogens is 240 g/mol. The molecule has 0 atom stereocenters. The first kappa shape index (κ1) is 11.8. The Bertz CT molecular complexity index is 565. The number of nitrogens with zero attached hydrogens (tertiary/aromatic N) is 3. The van der Waals surface area contributed by atoms with Gasteiger partial charge in [-0.2, -0.15) is 5.10 Å². The van der Waals surface area contributed by atoms with E-state index in [4.69, 9.17) is 0 Å². The Balaban J connectivity index is 1.85. The Morgan fingerprint density at radius 3 is 3.05 bits per heavy atom. The molecule has 1 aromatic carbocycles. The van der Waals surface area contributed by atoms with Gasteiger partial charge in [-0.25, -0.2) is 0 Å². The average Bonchev–Trinajstić information content (AvgIpc) is 2.83. The van der Waals surface area contributed by atoms with Crippen molar-refractivity contribution in [1.29, 1.82) is 0 Å². The molecule has 0 fully saturated rings. The molecule has 0 bridgehead atoms. The minimum absolute atomic E-state index is 0.0693. The fraction of sp³-hybridized carbons (Fsp3) is 0.286. The summed E-state index contributed by atoms with van der Waals surface area (Å²) in [6.07, 6.45) is 4.44. The van der Waals surface area contributed by atoms with E-state index in [1.807, 2.05) is 35.2 Å². The second-order valence-electron chi connectivity index (χ2n) is 4.55. The Morgan fingerprint density at radius 1 is 1.32 bits per heavy atom. The van der Waals surface area contributed by atoms with Crippen LogP contribution in [0, 0.1) is 0 Å². The highest BCUT2D eigenvalue weighted by molar-refractivity contribution is 5.96. The maximum absolute atomic E-state index is 12.4. The molecule has 1 amide bonds. The maximum atomic E-state index is 12.4. The molecule has 1 aromatic heterocycles. The van der Waals surface area contributed by atoms with Crippen molar-refractivity contribution >= 4 is 17.3 Å². The number of amides is 1. The quantitative estimate of drug-likeness (QED) is 0.890. The lowest BCUT2D eigenvalue weighted by Crippen LogP contribution is -2.34. The molecule has 5 nitrogen and oxygen atoms in total. The fourth-order valence-corrected chi connectivity index (χ4v) is 2.32. The van der Waals surface area contributed by atoms with Gasteiger partial charge in [-0.15, -0.1) is 0 Å². The molecule has 0 saturated carbocycles. The highest BCUT2D eigenvalue weighted by Gasteiger charge is 2.20. The summed E-state index contributed by atoms with van der Waals surface area (Å²) < 4.78 is 1.66. The molecule has 3 rings (SSSR count). The summed E-state index contributed by atoms with van der Waals surface area (Å²) in [5, 5.41) is 7.44. The summed E-state index contributed by atoms with van der Waals surface area (Å²) in [5.41, 5.74) is 1.98. The number of carbonyl (C=O) groups excluding carboxylic acids is 1. The molecule has 5 heteroatoms. The molecule has 19 heavy (non-hydrogen) atoms. The number of anilines is 2. The molecule has 0 unspecified atom stereocenters. The third-order valence-electron chi connectivity index (χ3n) is 3.23. The Kier molecular flexibility index (Phi) is 3.18. The number of para-hydroxylation sites is 2. The summed E-state index contributed by atoms with van der Waals surface area (Å²) in [7, 11) is 0.